The minimum absolute atomic E-state index is 0.0947. The lowest BCUT2D eigenvalue weighted by Crippen LogP contribution is -2.40. The largest absolute Gasteiger partial charge is 0.433 e. The molecule has 27 heavy (non-hydrogen) atoms. The van der Waals surface area contributed by atoms with Gasteiger partial charge in [-0.25, -0.2) is 0 Å². The minimum atomic E-state index is -4.59. The third-order valence-corrected chi connectivity index (χ3v) is 4.97. The van der Waals surface area contributed by atoms with Crippen LogP contribution in [0.5, 0.6) is 0 Å². The van der Waals surface area contributed by atoms with E-state index in [0.717, 1.165) is 43.8 Å². The average Bonchev–Trinajstić information content (AvgIpc) is 3.23. The number of morpholine rings is 1. The number of anilines is 1. The van der Waals surface area contributed by atoms with Crippen LogP contribution in [0.25, 0.3) is 0 Å². The fourth-order valence-corrected chi connectivity index (χ4v) is 3.62. The summed E-state index contributed by atoms with van der Waals surface area (Å²) in [6, 6.07) is 9.70. The van der Waals surface area contributed by atoms with Gasteiger partial charge < -0.3 is 15.4 Å². The molecule has 3 heterocycles. The molecule has 2 aliphatic rings. The highest BCUT2D eigenvalue weighted by molar-refractivity contribution is 6.04. The number of carbonyl (C=O) groups excluding carboxylic acids is 1. The molecule has 1 amide bonds. The highest BCUT2D eigenvalue weighted by atomic mass is 19.4. The maximum atomic E-state index is 12.7. The Morgan fingerprint density at radius 1 is 1.30 bits per heavy atom. The fraction of sp³-hybridized carbons (Fsp3) is 0.368. The van der Waals surface area contributed by atoms with E-state index in [0.29, 0.717) is 11.7 Å². The van der Waals surface area contributed by atoms with Gasteiger partial charge in [-0.15, -0.1) is 0 Å². The Morgan fingerprint density at radius 2 is 2.07 bits per heavy atom. The minimum Gasteiger partial charge on any atom is -0.372 e. The molecular formula is C19H18F3N3O2. The van der Waals surface area contributed by atoms with Gasteiger partial charge in [-0.1, -0.05) is 12.1 Å². The van der Waals surface area contributed by atoms with Gasteiger partial charge in [0, 0.05) is 36.5 Å². The van der Waals surface area contributed by atoms with Crippen LogP contribution in [0, 0.1) is 0 Å². The number of hydrogen-bond donors (Lipinski definition) is 2. The van der Waals surface area contributed by atoms with Crippen LogP contribution in [0.2, 0.25) is 0 Å². The molecule has 0 saturated carbocycles. The number of benzene rings is 1. The number of amides is 1. The van der Waals surface area contributed by atoms with Crippen molar-refractivity contribution in [1.82, 2.24) is 10.3 Å². The summed E-state index contributed by atoms with van der Waals surface area (Å²) in [6.45, 7) is 1.57. The number of halogens is 3. The van der Waals surface area contributed by atoms with Gasteiger partial charge in [0.25, 0.3) is 5.91 Å². The summed E-state index contributed by atoms with van der Waals surface area (Å²) in [5.74, 6) is -0.615. The molecule has 1 aromatic carbocycles. The predicted molar refractivity (Wildman–Crippen MR) is 92.4 cm³/mol. The third-order valence-electron chi connectivity index (χ3n) is 4.97. The molecule has 0 unspecified atom stereocenters. The van der Waals surface area contributed by atoms with Gasteiger partial charge in [0.05, 0.1) is 12.2 Å². The standard InChI is InChI=1S/C19H18F3N3O2/c20-19(21,22)16-7-13(5-6-23-16)17(26)25-14-3-1-12(2-4-14)8-18-9-15(10-27-18)24-11-18/h1-7,15,24H,8-11H2,(H,25,26)/t15-,18-/m0/s1. The van der Waals surface area contributed by atoms with Crippen LogP contribution in [0.4, 0.5) is 18.9 Å². The fourth-order valence-electron chi connectivity index (χ4n) is 3.62. The second-order valence-corrected chi connectivity index (χ2v) is 7.03. The second-order valence-electron chi connectivity index (χ2n) is 7.03. The molecule has 0 aliphatic carbocycles. The zero-order chi connectivity index (χ0) is 19.1. The number of nitrogens with zero attached hydrogens (tertiary/aromatic N) is 1. The Hall–Kier alpha value is -2.45. The molecule has 4 rings (SSSR count). The molecule has 0 spiro atoms. The van der Waals surface area contributed by atoms with E-state index in [2.05, 4.69) is 15.6 Å². The normalized spacial score (nSPS) is 24.2. The Balaban J connectivity index is 1.42. The van der Waals surface area contributed by atoms with E-state index >= 15 is 0 Å². The smallest absolute Gasteiger partial charge is 0.372 e. The molecule has 0 radical (unpaired) electrons. The Bertz CT molecular complexity index is 844. The molecule has 2 atom stereocenters. The summed E-state index contributed by atoms with van der Waals surface area (Å²) < 4.78 is 44.1. The topological polar surface area (TPSA) is 63.2 Å². The van der Waals surface area contributed by atoms with Gasteiger partial charge in [0.2, 0.25) is 0 Å². The van der Waals surface area contributed by atoms with Crippen LogP contribution >= 0.6 is 0 Å². The van der Waals surface area contributed by atoms with Crippen molar-refractivity contribution in [2.24, 2.45) is 0 Å². The summed E-state index contributed by atoms with van der Waals surface area (Å²) in [7, 11) is 0. The average molecular weight is 377 g/mol. The Labute approximate surface area is 153 Å². The van der Waals surface area contributed by atoms with Crippen LogP contribution in [-0.2, 0) is 17.3 Å². The Kier molecular flexibility index (Phi) is 4.39. The summed E-state index contributed by atoms with van der Waals surface area (Å²) in [5.41, 5.74) is 0.259. The van der Waals surface area contributed by atoms with Crippen LogP contribution < -0.4 is 10.6 Å². The number of fused-ring (bicyclic) bond motifs is 2. The van der Waals surface area contributed by atoms with E-state index in [9.17, 15) is 18.0 Å². The first kappa shape index (κ1) is 17.9. The first-order valence-electron chi connectivity index (χ1n) is 8.64. The maximum Gasteiger partial charge on any atom is 0.433 e. The Morgan fingerprint density at radius 3 is 2.67 bits per heavy atom. The van der Waals surface area contributed by atoms with Crippen molar-refractivity contribution in [2.75, 3.05) is 18.5 Å². The number of carbonyl (C=O) groups is 1. The van der Waals surface area contributed by atoms with E-state index in [4.69, 9.17) is 4.74 Å². The van der Waals surface area contributed by atoms with E-state index in [1.54, 1.807) is 12.1 Å². The van der Waals surface area contributed by atoms with Gasteiger partial charge in [-0.3, -0.25) is 9.78 Å². The molecule has 2 aromatic rings. The molecule has 2 aliphatic heterocycles. The number of rotatable bonds is 4. The van der Waals surface area contributed by atoms with E-state index in [1.807, 2.05) is 12.1 Å². The van der Waals surface area contributed by atoms with Gasteiger partial charge in [-0.2, -0.15) is 13.2 Å². The number of aromatic nitrogens is 1. The molecule has 2 N–H and O–H groups in total. The number of hydrogen-bond acceptors (Lipinski definition) is 4. The van der Waals surface area contributed by atoms with Gasteiger partial charge in [0.1, 0.15) is 5.69 Å². The van der Waals surface area contributed by atoms with Gasteiger partial charge in [-0.05, 0) is 36.2 Å². The predicted octanol–water partition coefficient (Wildman–Crippen LogP) is 3.03. The SMILES string of the molecule is O=C(Nc1ccc(C[C@]23CN[C@H](CO2)C3)cc1)c1ccnc(C(F)(F)F)c1. The van der Waals surface area contributed by atoms with Gasteiger partial charge >= 0.3 is 6.18 Å². The number of nitrogens with one attached hydrogen (secondary N) is 2. The number of alkyl halides is 3. The third kappa shape index (κ3) is 3.81. The van der Waals surface area contributed by atoms with Crippen LogP contribution in [0.15, 0.2) is 42.6 Å². The lowest BCUT2D eigenvalue weighted by atomic mass is 9.93. The van der Waals surface area contributed by atoms with Crippen LogP contribution in [-0.4, -0.2) is 35.7 Å². The molecule has 2 fully saturated rings. The summed E-state index contributed by atoms with van der Waals surface area (Å²) in [6.07, 6.45) is -1.84. The number of ether oxygens (including phenoxy) is 1. The van der Waals surface area contributed by atoms with Crippen LogP contribution in [0.1, 0.15) is 28.0 Å². The molecule has 142 valence electrons. The van der Waals surface area contributed by atoms with Crippen molar-refractivity contribution in [3.63, 3.8) is 0 Å². The van der Waals surface area contributed by atoms with E-state index in [-0.39, 0.29) is 11.2 Å². The molecular weight excluding hydrogens is 359 g/mol. The second kappa shape index (κ2) is 6.61. The summed E-state index contributed by atoms with van der Waals surface area (Å²) in [5, 5.41) is 6.03. The first-order chi connectivity index (χ1) is 12.8. The molecule has 2 saturated heterocycles. The van der Waals surface area contributed by atoms with Crippen LogP contribution in [0.3, 0.4) is 0 Å². The highest BCUT2D eigenvalue weighted by Gasteiger charge is 2.45. The summed E-state index contributed by atoms with van der Waals surface area (Å²) in [4.78, 5) is 15.5. The quantitative estimate of drug-likeness (QED) is 0.860. The summed E-state index contributed by atoms with van der Waals surface area (Å²) >= 11 is 0. The van der Waals surface area contributed by atoms with Crippen molar-refractivity contribution < 1.29 is 22.7 Å². The molecule has 5 nitrogen and oxygen atoms in total. The van der Waals surface area contributed by atoms with Crippen molar-refractivity contribution in [3.05, 3.63) is 59.4 Å². The van der Waals surface area contributed by atoms with Gasteiger partial charge in [0.15, 0.2) is 0 Å². The monoisotopic (exact) mass is 377 g/mol. The molecule has 2 bridgehead atoms. The lowest BCUT2D eigenvalue weighted by Gasteiger charge is -2.26. The zero-order valence-corrected chi connectivity index (χ0v) is 14.3. The van der Waals surface area contributed by atoms with Crippen molar-refractivity contribution in [3.8, 4) is 0 Å². The van der Waals surface area contributed by atoms with Crippen molar-refractivity contribution in [1.29, 1.82) is 0 Å². The zero-order valence-electron chi connectivity index (χ0n) is 14.3. The molecule has 1 aromatic heterocycles. The molecule has 8 heteroatoms. The maximum absolute atomic E-state index is 12.7. The first-order valence-corrected chi connectivity index (χ1v) is 8.64. The van der Waals surface area contributed by atoms with Crippen molar-refractivity contribution in [2.45, 2.75) is 30.7 Å². The van der Waals surface area contributed by atoms with E-state index < -0.39 is 17.8 Å². The van der Waals surface area contributed by atoms with E-state index in [1.165, 1.54) is 6.07 Å². The van der Waals surface area contributed by atoms with Crippen molar-refractivity contribution >= 4 is 11.6 Å². The lowest BCUT2D eigenvalue weighted by molar-refractivity contribution is -0.141. The number of pyridine rings is 1. The highest BCUT2D eigenvalue weighted by Crippen LogP contribution is 2.34.